The Balaban J connectivity index is 1.90. The molecule has 3 nitrogen and oxygen atoms in total. The fourth-order valence-electron chi connectivity index (χ4n) is 1.85. The second-order valence-corrected chi connectivity index (χ2v) is 5.49. The average molecular weight is 227 g/mol. The molecule has 1 aliphatic heterocycles. The zero-order valence-electron chi connectivity index (χ0n) is 8.98. The fourth-order valence-corrected chi connectivity index (χ4v) is 2.93. The second kappa shape index (κ2) is 5.05. The summed E-state index contributed by atoms with van der Waals surface area (Å²) in [5.41, 5.74) is 0. The number of rotatable bonds is 3. The summed E-state index contributed by atoms with van der Waals surface area (Å²) in [4.78, 5) is 2.40. The summed E-state index contributed by atoms with van der Waals surface area (Å²) in [7, 11) is 0. The highest BCUT2D eigenvalue weighted by molar-refractivity contribution is 7.99. The van der Waals surface area contributed by atoms with Gasteiger partial charge in [-0.25, -0.2) is 0 Å². The molecule has 1 aliphatic rings. The minimum atomic E-state index is -0.00768. The van der Waals surface area contributed by atoms with Gasteiger partial charge in [0.15, 0.2) is 0 Å². The summed E-state index contributed by atoms with van der Waals surface area (Å²) in [5, 5.41) is 9.60. The van der Waals surface area contributed by atoms with Gasteiger partial charge in [-0.15, -0.1) is 0 Å². The van der Waals surface area contributed by atoms with Gasteiger partial charge in [-0.3, -0.25) is 4.90 Å². The van der Waals surface area contributed by atoms with E-state index in [4.69, 9.17) is 9.52 Å². The van der Waals surface area contributed by atoms with Gasteiger partial charge in [0, 0.05) is 24.1 Å². The van der Waals surface area contributed by atoms with Crippen LogP contribution < -0.4 is 0 Å². The summed E-state index contributed by atoms with van der Waals surface area (Å²) in [5.74, 6) is 2.82. The fraction of sp³-hybridized carbons (Fsp3) is 0.636. The van der Waals surface area contributed by atoms with Crippen LogP contribution in [0.1, 0.15) is 18.4 Å². The minimum absolute atomic E-state index is 0.00768. The maximum atomic E-state index is 8.89. The molecule has 1 unspecified atom stereocenters. The molecule has 1 fully saturated rings. The number of thioether (sulfide) groups is 1. The molecule has 0 aliphatic carbocycles. The zero-order valence-corrected chi connectivity index (χ0v) is 9.80. The Morgan fingerprint density at radius 3 is 3.00 bits per heavy atom. The third kappa shape index (κ3) is 3.00. The SMILES string of the molecule is CC1CN(Cc2ccc(CO)o2)CCS1. The van der Waals surface area contributed by atoms with Crippen molar-refractivity contribution in [3.05, 3.63) is 23.7 Å². The Hall–Kier alpha value is -0.450. The summed E-state index contributed by atoms with van der Waals surface area (Å²) in [6.45, 7) is 5.37. The minimum Gasteiger partial charge on any atom is -0.462 e. The molecule has 2 heterocycles. The molecular formula is C11H17NO2S. The van der Waals surface area contributed by atoms with Crippen LogP contribution in [0.4, 0.5) is 0 Å². The van der Waals surface area contributed by atoms with E-state index in [2.05, 4.69) is 11.8 Å². The normalized spacial score (nSPS) is 23.2. The number of aliphatic hydroxyl groups excluding tert-OH is 1. The van der Waals surface area contributed by atoms with E-state index >= 15 is 0 Å². The summed E-state index contributed by atoms with van der Waals surface area (Å²) < 4.78 is 5.47. The van der Waals surface area contributed by atoms with Gasteiger partial charge >= 0.3 is 0 Å². The first-order valence-electron chi connectivity index (χ1n) is 5.30. The highest BCUT2D eigenvalue weighted by Crippen LogP contribution is 2.20. The van der Waals surface area contributed by atoms with Crippen LogP contribution in [0.25, 0.3) is 0 Å². The van der Waals surface area contributed by atoms with Crippen molar-refractivity contribution in [2.45, 2.75) is 25.3 Å². The van der Waals surface area contributed by atoms with Crippen molar-refractivity contribution < 1.29 is 9.52 Å². The molecule has 4 heteroatoms. The van der Waals surface area contributed by atoms with Gasteiger partial charge in [-0.1, -0.05) is 6.92 Å². The molecule has 0 bridgehead atoms. The van der Waals surface area contributed by atoms with E-state index in [0.717, 1.165) is 25.4 Å². The van der Waals surface area contributed by atoms with Crippen molar-refractivity contribution in [3.63, 3.8) is 0 Å². The Morgan fingerprint density at radius 2 is 2.33 bits per heavy atom. The molecule has 0 radical (unpaired) electrons. The lowest BCUT2D eigenvalue weighted by atomic mass is 10.3. The first-order chi connectivity index (χ1) is 7.28. The molecule has 1 aromatic heterocycles. The van der Waals surface area contributed by atoms with Crippen LogP contribution in [0.5, 0.6) is 0 Å². The summed E-state index contributed by atoms with van der Waals surface area (Å²) >= 11 is 2.03. The lowest BCUT2D eigenvalue weighted by Gasteiger charge is -2.29. The standard InChI is InChI=1S/C11H17NO2S/c1-9-6-12(4-5-15-9)7-10-2-3-11(8-13)14-10/h2-3,9,13H,4-8H2,1H3. The van der Waals surface area contributed by atoms with Gasteiger partial charge in [0.25, 0.3) is 0 Å². The third-order valence-corrected chi connectivity index (χ3v) is 3.71. The van der Waals surface area contributed by atoms with Crippen LogP contribution in [0.3, 0.4) is 0 Å². The first-order valence-corrected chi connectivity index (χ1v) is 6.35. The molecule has 1 aromatic rings. The highest BCUT2D eigenvalue weighted by atomic mass is 32.2. The smallest absolute Gasteiger partial charge is 0.129 e. The van der Waals surface area contributed by atoms with Gasteiger partial charge in [-0.2, -0.15) is 11.8 Å². The zero-order chi connectivity index (χ0) is 10.7. The third-order valence-electron chi connectivity index (χ3n) is 2.58. The lowest BCUT2D eigenvalue weighted by Crippen LogP contribution is -2.35. The molecular weight excluding hydrogens is 210 g/mol. The Bertz CT molecular complexity index is 313. The largest absolute Gasteiger partial charge is 0.462 e. The number of furan rings is 1. The molecule has 1 atom stereocenters. The van der Waals surface area contributed by atoms with Gasteiger partial charge in [0.05, 0.1) is 6.54 Å². The summed E-state index contributed by atoms with van der Waals surface area (Å²) in [6, 6.07) is 3.80. The van der Waals surface area contributed by atoms with E-state index in [1.807, 2.05) is 23.9 Å². The topological polar surface area (TPSA) is 36.6 Å². The van der Waals surface area contributed by atoms with Gasteiger partial charge in [-0.05, 0) is 12.1 Å². The maximum Gasteiger partial charge on any atom is 0.129 e. The van der Waals surface area contributed by atoms with Crippen molar-refractivity contribution in [1.82, 2.24) is 4.90 Å². The molecule has 2 rings (SSSR count). The number of hydrogen-bond acceptors (Lipinski definition) is 4. The Morgan fingerprint density at radius 1 is 1.53 bits per heavy atom. The Labute approximate surface area is 94.5 Å². The predicted molar refractivity (Wildman–Crippen MR) is 61.8 cm³/mol. The quantitative estimate of drug-likeness (QED) is 0.853. The molecule has 0 aromatic carbocycles. The van der Waals surface area contributed by atoms with Crippen LogP contribution in [-0.2, 0) is 13.2 Å². The summed E-state index contributed by atoms with van der Waals surface area (Å²) in [6.07, 6.45) is 0. The number of hydrogen-bond donors (Lipinski definition) is 1. The van der Waals surface area contributed by atoms with Crippen LogP contribution in [-0.4, -0.2) is 34.1 Å². The van der Waals surface area contributed by atoms with Crippen molar-refractivity contribution in [3.8, 4) is 0 Å². The monoisotopic (exact) mass is 227 g/mol. The molecule has 0 amide bonds. The highest BCUT2D eigenvalue weighted by Gasteiger charge is 2.17. The Kier molecular flexibility index (Phi) is 3.72. The van der Waals surface area contributed by atoms with Crippen molar-refractivity contribution >= 4 is 11.8 Å². The first kappa shape index (κ1) is 11.0. The second-order valence-electron chi connectivity index (χ2n) is 3.94. The van der Waals surface area contributed by atoms with E-state index < -0.39 is 0 Å². The molecule has 0 saturated carbocycles. The van der Waals surface area contributed by atoms with Crippen molar-refractivity contribution in [2.24, 2.45) is 0 Å². The predicted octanol–water partition coefficient (Wildman–Crippen LogP) is 1.71. The van der Waals surface area contributed by atoms with Crippen LogP contribution in [0.15, 0.2) is 16.5 Å². The van der Waals surface area contributed by atoms with Crippen molar-refractivity contribution in [1.29, 1.82) is 0 Å². The molecule has 1 saturated heterocycles. The average Bonchev–Trinajstić information content (AvgIpc) is 2.65. The van der Waals surface area contributed by atoms with Crippen LogP contribution >= 0.6 is 11.8 Å². The van der Waals surface area contributed by atoms with Gasteiger partial charge in [0.1, 0.15) is 18.1 Å². The van der Waals surface area contributed by atoms with Gasteiger partial charge in [0.2, 0.25) is 0 Å². The number of aliphatic hydroxyl groups is 1. The van der Waals surface area contributed by atoms with Gasteiger partial charge < -0.3 is 9.52 Å². The van der Waals surface area contributed by atoms with E-state index in [1.165, 1.54) is 5.75 Å². The van der Waals surface area contributed by atoms with Crippen LogP contribution in [0, 0.1) is 0 Å². The van der Waals surface area contributed by atoms with E-state index in [1.54, 1.807) is 0 Å². The molecule has 15 heavy (non-hydrogen) atoms. The maximum absolute atomic E-state index is 8.89. The van der Waals surface area contributed by atoms with E-state index in [-0.39, 0.29) is 6.61 Å². The van der Waals surface area contributed by atoms with Crippen LogP contribution in [0.2, 0.25) is 0 Å². The molecule has 1 N–H and O–H groups in total. The van der Waals surface area contributed by atoms with E-state index in [0.29, 0.717) is 11.0 Å². The number of nitrogens with zero attached hydrogens (tertiary/aromatic N) is 1. The lowest BCUT2D eigenvalue weighted by molar-refractivity contribution is 0.223. The molecule has 0 spiro atoms. The van der Waals surface area contributed by atoms with E-state index in [9.17, 15) is 0 Å². The van der Waals surface area contributed by atoms with Crippen molar-refractivity contribution in [2.75, 3.05) is 18.8 Å². The molecule has 84 valence electrons.